The van der Waals surface area contributed by atoms with E-state index in [2.05, 4.69) is 17.6 Å². The minimum absolute atomic E-state index is 0.0235. The van der Waals surface area contributed by atoms with Crippen molar-refractivity contribution in [3.05, 3.63) is 17.9 Å². The molecule has 0 rings (SSSR count). The van der Waals surface area contributed by atoms with Crippen LogP contribution in [0.25, 0.3) is 0 Å². The molecule has 0 aromatic rings. The highest BCUT2D eigenvalue weighted by atomic mass is 16.1. The monoisotopic (exact) mass is 125 g/mol. The maximum Gasteiger partial charge on any atom is 0.217 e. The molecule has 2 heteroatoms. The maximum absolute atomic E-state index is 10.3. The van der Waals surface area contributed by atoms with E-state index in [0.717, 1.165) is 5.57 Å². The average molecular weight is 125 g/mol. The summed E-state index contributed by atoms with van der Waals surface area (Å²) >= 11 is 0. The predicted molar refractivity (Wildman–Crippen MR) is 37.0 cm³/mol. The second-order valence-corrected chi connectivity index (χ2v) is 1.87. The molecule has 0 saturated carbocycles. The van der Waals surface area contributed by atoms with Crippen LogP contribution in [0.3, 0.4) is 0 Å². The van der Waals surface area contributed by atoms with Gasteiger partial charge in [-0.25, -0.2) is 0 Å². The third-order valence-electron chi connectivity index (χ3n) is 0.904. The van der Waals surface area contributed by atoms with Crippen LogP contribution in [0.5, 0.6) is 0 Å². The molecule has 0 aromatic heterocycles. The Balaban J connectivity index is 3.52. The summed E-state index contributed by atoms with van der Waals surface area (Å²) in [6.07, 6.45) is 0. The van der Waals surface area contributed by atoms with Gasteiger partial charge in [0.05, 0.1) is 0 Å². The number of carbonyl (C=O) groups excluding carboxylic acids is 1. The molecule has 0 radical (unpaired) electrons. The molecule has 0 atom stereocenters. The summed E-state index contributed by atoms with van der Waals surface area (Å²) in [7, 11) is 0. The number of nitrogens with one attached hydrogen (secondary N) is 1. The minimum Gasteiger partial charge on any atom is -0.352 e. The highest BCUT2D eigenvalue weighted by Gasteiger charge is 1.88. The number of amides is 1. The zero-order chi connectivity index (χ0) is 7.28. The van der Waals surface area contributed by atoms with E-state index < -0.39 is 0 Å². The molecule has 0 aromatic carbocycles. The minimum atomic E-state index is -0.0235. The van der Waals surface area contributed by atoms with E-state index in [1.165, 1.54) is 6.92 Å². The molecule has 0 saturated heterocycles. The Hall–Kier alpha value is -1.01. The number of carbonyl (C=O) groups is 1. The van der Waals surface area contributed by atoms with Gasteiger partial charge >= 0.3 is 0 Å². The van der Waals surface area contributed by atoms with E-state index in [9.17, 15) is 4.79 Å². The van der Waals surface area contributed by atoms with Crippen LogP contribution in [0.2, 0.25) is 0 Å². The van der Waals surface area contributed by atoms with Gasteiger partial charge in [0.25, 0.3) is 0 Å². The quantitative estimate of drug-likeness (QED) is 0.545. The zero-order valence-electron chi connectivity index (χ0n) is 5.82. The molecule has 0 aliphatic carbocycles. The molecule has 0 unspecified atom stereocenters. The summed E-state index contributed by atoms with van der Waals surface area (Å²) < 4.78 is 0. The summed E-state index contributed by atoms with van der Waals surface area (Å²) in [4.78, 5) is 10.3. The first kappa shape index (κ1) is 7.99. The Bertz CT molecular complexity index is 154. The van der Waals surface area contributed by atoms with Gasteiger partial charge < -0.3 is 5.32 Å². The molecular formula is C7H11NO. The highest BCUT2D eigenvalue weighted by molar-refractivity contribution is 5.73. The lowest BCUT2D eigenvalue weighted by Crippen LogP contribution is -2.21. The largest absolute Gasteiger partial charge is 0.352 e. The smallest absolute Gasteiger partial charge is 0.217 e. The molecule has 0 aliphatic heterocycles. The van der Waals surface area contributed by atoms with Gasteiger partial charge in [-0.1, -0.05) is 6.58 Å². The van der Waals surface area contributed by atoms with Crippen molar-refractivity contribution in [3.63, 3.8) is 0 Å². The molecule has 1 N–H and O–H groups in total. The van der Waals surface area contributed by atoms with E-state index in [-0.39, 0.29) is 5.91 Å². The lowest BCUT2D eigenvalue weighted by atomic mass is 10.3. The van der Waals surface area contributed by atoms with E-state index >= 15 is 0 Å². The first-order chi connectivity index (χ1) is 4.16. The fourth-order valence-corrected chi connectivity index (χ4v) is 0.320. The Morgan fingerprint density at radius 3 is 2.56 bits per heavy atom. The van der Waals surface area contributed by atoms with Crippen molar-refractivity contribution in [2.75, 3.05) is 6.54 Å². The second kappa shape index (κ2) is 3.93. The molecular weight excluding hydrogens is 114 g/mol. The first-order valence-corrected chi connectivity index (χ1v) is 2.76. The molecule has 0 heterocycles. The van der Waals surface area contributed by atoms with Crippen LogP contribution < -0.4 is 5.32 Å². The van der Waals surface area contributed by atoms with Crippen molar-refractivity contribution < 1.29 is 4.79 Å². The summed E-state index contributed by atoms with van der Waals surface area (Å²) in [6, 6.07) is 0. The molecule has 0 fully saturated rings. The van der Waals surface area contributed by atoms with Crippen LogP contribution in [-0.2, 0) is 4.79 Å². The van der Waals surface area contributed by atoms with Gasteiger partial charge in [0.2, 0.25) is 5.91 Å². The fraction of sp³-hybridized carbons (Fsp3) is 0.429. The van der Waals surface area contributed by atoms with Crippen LogP contribution in [-0.4, -0.2) is 12.5 Å². The molecule has 0 bridgehead atoms. The lowest BCUT2D eigenvalue weighted by Gasteiger charge is -1.97. The summed E-state index contributed by atoms with van der Waals surface area (Å²) in [5.41, 5.74) is 3.62. The normalized spacial score (nSPS) is 7.78. The van der Waals surface area contributed by atoms with Gasteiger partial charge in [0.15, 0.2) is 0 Å². The van der Waals surface area contributed by atoms with E-state index in [4.69, 9.17) is 0 Å². The molecule has 9 heavy (non-hydrogen) atoms. The van der Waals surface area contributed by atoms with E-state index in [0.29, 0.717) is 6.54 Å². The topological polar surface area (TPSA) is 29.1 Å². The molecule has 50 valence electrons. The zero-order valence-corrected chi connectivity index (χ0v) is 5.82. The van der Waals surface area contributed by atoms with Crippen molar-refractivity contribution in [2.24, 2.45) is 0 Å². The van der Waals surface area contributed by atoms with Gasteiger partial charge in [-0.05, 0) is 12.5 Å². The summed E-state index contributed by atoms with van der Waals surface area (Å²) in [5.74, 6) is -0.0235. The first-order valence-electron chi connectivity index (χ1n) is 2.76. The van der Waals surface area contributed by atoms with Crippen molar-refractivity contribution in [2.45, 2.75) is 13.8 Å². The van der Waals surface area contributed by atoms with E-state index in [1.807, 2.05) is 6.92 Å². The Kier molecular flexibility index (Phi) is 3.49. The van der Waals surface area contributed by atoms with Crippen LogP contribution in [0, 0.1) is 0 Å². The lowest BCUT2D eigenvalue weighted by molar-refractivity contribution is -0.118. The SMILES string of the molecule is C=C=C(C)CNC(C)=O. The molecule has 0 spiro atoms. The maximum atomic E-state index is 10.3. The third kappa shape index (κ3) is 4.85. The van der Waals surface area contributed by atoms with Gasteiger partial charge in [-0.3, -0.25) is 4.79 Å². The highest BCUT2D eigenvalue weighted by Crippen LogP contribution is 1.82. The van der Waals surface area contributed by atoms with Crippen LogP contribution >= 0.6 is 0 Å². The van der Waals surface area contributed by atoms with Crippen LogP contribution in [0.4, 0.5) is 0 Å². The number of rotatable bonds is 2. The number of hydrogen-bond donors (Lipinski definition) is 1. The van der Waals surface area contributed by atoms with Gasteiger partial charge in [-0.15, -0.1) is 5.73 Å². The van der Waals surface area contributed by atoms with Crippen molar-refractivity contribution >= 4 is 5.91 Å². The van der Waals surface area contributed by atoms with Crippen molar-refractivity contribution in [1.29, 1.82) is 0 Å². The summed E-state index contributed by atoms with van der Waals surface area (Å²) in [6.45, 7) is 7.33. The van der Waals surface area contributed by atoms with Gasteiger partial charge in [0.1, 0.15) is 0 Å². The van der Waals surface area contributed by atoms with Gasteiger partial charge in [0, 0.05) is 13.5 Å². The fourth-order valence-electron chi connectivity index (χ4n) is 0.320. The Labute approximate surface area is 55.3 Å². The molecule has 2 nitrogen and oxygen atoms in total. The van der Waals surface area contributed by atoms with Crippen LogP contribution in [0.1, 0.15) is 13.8 Å². The number of hydrogen-bond acceptors (Lipinski definition) is 1. The molecule has 0 aliphatic rings. The molecule has 1 amide bonds. The van der Waals surface area contributed by atoms with Crippen molar-refractivity contribution in [1.82, 2.24) is 5.32 Å². The predicted octanol–water partition coefficient (Wildman–Crippen LogP) is 0.854. The third-order valence-corrected chi connectivity index (χ3v) is 0.904. The Morgan fingerprint density at radius 2 is 2.22 bits per heavy atom. The summed E-state index contributed by atoms with van der Waals surface area (Å²) in [5, 5.41) is 2.62. The standard InChI is InChI=1S/C7H11NO/c1-4-6(2)5-8-7(3)9/h1,5H2,2-3H3,(H,8,9). The van der Waals surface area contributed by atoms with Crippen molar-refractivity contribution in [3.8, 4) is 0 Å². The van der Waals surface area contributed by atoms with Crippen LogP contribution in [0.15, 0.2) is 17.9 Å². The second-order valence-electron chi connectivity index (χ2n) is 1.87. The Morgan fingerprint density at radius 1 is 1.67 bits per heavy atom. The average Bonchev–Trinajstić information content (AvgIpc) is 1.83. The van der Waals surface area contributed by atoms with E-state index in [1.54, 1.807) is 0 Å². The van der Waals surface area contributed by atoms with Gasteiger partial charge in [-0.2, -0.15) is 0 Å².